The molecule has 1 amide bonds. The van der Waals surface area contributed by atoms with E-state index in [1.165, 1.54) is 0 Å². The zero-order valence-corrected chi connectivity index (χ0v) is 12.7. The molecule has 21 heavy (non-hydrogen) atoms. The van der Waals surface area contributed by atoms with Gasteiger partial charge in [0.1, 0.15) is 5.56 Å². The summed E-state index contributed by atoms with van der Waals surface area (Å²) in [5, 5.41) is 3.43. The molecule has 3 heterocycles. The third-order valence-corrected chi connectivity index (χ3v) is 4.89. The Labute approximate surface area is 124 Å². The van der Waals surface area contributed by atoms with Gasteiger partial charge < -0.3 is 15.2 Å². The minimum absolute atomic E-state index is 0.110. The van der Waals surface area contributed by atoms with Crippen molar-refractivity contribution in [3.63, 3.8) is 0 Å². The number of fused-ring (bicyclic) bond motifs is 1. The van der Waals surface area contributed by atoms with Crippen molar-refractivity contribution in [2.45, 2.75) is 26.7 Å². The first-order chi connectivity index (χ1) is 10.1. The average molecular weight is 289 g/mol. The van der Waals surface area contributed by atoms with Crippen LogP contribution in [0.2, 0.25) is 0 Å². The number of carbonyl (C=O) groups is 1. The maximum atomic E-state index is 12.7. The number of likely N-dealkylation sites (tertiary alicyclic amines) is 1. The highest BCUT2D eigenvalue weighted by atomic mass is 16.2. The predicted molar refractivity (Wildman–Crippen MR) is 81.5 cm³/mol. The van der Waals surface area contributed by atoms with Crippen LogP contribution >= 0.6 is 0 Å². The molecule has 2 saturated heterocycles. The van der Waals surface area contributed by atoms with Gasteiger partial charge in [0.15, 0.2) is 0 Å². The maximum absolute atomic E-state index is 12.7. The number of hydrogen-bond acceptors (Lipinski definition) is 3. The Hall–Kier alpha value is -1.62. The summed E-state index contributed by atoms with van der Waals surface area (Å²) in [4.78, 5) is 29.4. The lowest BCUT2D eigenvalue weighted by atomic mass is 9.92. The van der Waals surface area contributed by atoms with Gasteiger partial charge in [0.25, 0.3) is 11.5 Å². The van der Waals surface area contributed by atoms with Crippen LogP contribution < -0.4 is 10.9 Å². The van der Waals surface area contributed by atoms with Crippen LogP contribution in [-0.4, -0.2) is 42.0 Å². The molecule has 0 saturated carbocycles. The van der Waals surface area contributed by atoms with E-state index in [4.69, 9.17) is 0 Å². The Balaban J connectivity index is 1.81. The highest BCUT2D eigenvalue weighted by Gasteiger charge is 2.32. The molecule has 2 atom stereocenters. The Morgan fingerprint density at radius 2 is 1.81 bits per heavy atom. The van der Waals surface area contributed by atoms with E-state index in [0.717, 1.165) is 50.3 Å². The molecule has 0 unspecified atom stereocenters. The molecule has 0 bridgehead atoms. The van der Waals surface area contributed by atoms with Gasteiger partial charge in [-0.25, -0.2) is 0 Å². The summed E-state index contributed by atoms with van der Waals surface area (Å²) in [6, 6.07) is 1.87. The van der Waals surface area contributed by atoms with E-state index in [1.54, 1.807) is 0 Å². The first-order valence-electron chi connectivity index (χ1n) is 7.77. The van der Waals surface area contributed by atoms with E-state index in [0.29, 0.717) is 17.4 Å². The zero-order chi connectivity index (χ0) is 15.0. The van der Waals surface area contributed by atoms with Crippen LogP contribution in [-0.2, 0) is 0 Å². The van der Waals surface area contributed by atoms with E-state index in [2.05, 4.69) is 10.3 Å². The van der Waals surface area contributed by atoms with Crippen molar-refractivity contribution in [3.05, 3.63) is 33.2 Å². The first kappa shape index (κ1) is 14.3. The van der Waals surface area contributed by atoms with Crippen molar-refractivity contribution in [1.29, 1.82) is 0 Å². The molecule has 3 rings (SSSR count). The molecular weight excluding hydrogens is 266 g/mol. The number of aromatic nitrogens is 1. The third kappa shape index (κ3) is 2.75. The molecule has 1 aromatic rings. The first-order valence-corrected chi connectivity index (χ1v) is 7.77. The summed E-state index contributed by atoms with van der Waals surface area (Å²) in [7, 11) is 0. The maximum Gasteiger partial charge on any atom is 0.261 e. The predicted octanol–water partition coefficient (Wildman–Crippen LogP) is 1.06. The van der Waals surface area contributed by atoms with E-state index < -0.39 is 0 Å². The fourth-order valence-electron chi connectivity index (χ4n) is 3.70. The van der Waals surface area contributed by atoms with Gasteiger partial charge in [-0.05, 0) is 63.2 Å². The number of hydrogen-bond donors (Lipinski definition) is 2. The van der Waals surface area contributed by atoms with Crippen molar-refractivity contribution >= 4 is 5.91 Å². The molecule has 2 aliphatic heterocycles. The monoisotopic (exact) mass is 289 g/mol. The van der Waals surface area contributed by atoms with Crippen molar-refractivity contribution in [2.24, 2.45) is 11.8 Å². The molecule has 0 aromatic carbocycles. The summed E-state index contributed by atoms with van der Waals surface area (Å²) in [5.74, 6) is 1.25. The number of carbonyl (C=O) groups excluding carboxylic acids is 1. The van der Waals surface area contributed by atoms with Crippen LogP contribution in [0.4, 0.5) is 0 Å². The summed E-state index contributed by atoms with van der Waals surface area (Å²) in [6.45, 7) is 7.32. The normalized spacial score (nSPS) is 25.5. The number of pyridine rings is 1. The minimum atomic E-state index is -0.261. The SMILES string of the molecule is Cc1cc(C)c(C(=O)N2CC[C@@H]3CNC[C@@H]3CC2)c(=O)[nH]1. The number of aryl methyl sites for hydroxylation is 2. The van der Waals surface area contributed by atoms with Gasteiger partial charge in [-0.3, -0.25) is 9.59 Å². The molecule has 114 valence electrons. The highest BCUT2D eigenvalue weighted by Crippen LogP contribution is 2.27. The quantitative estimate of drug-likeness (QED) is 0.812. The fourth-order valence-corrected chi connectivity index (χ4v) is 3.70. The van der Waals surface area contributed by atoms with E-state index >= 15 is 0 Å². The summed E-state index contributed by atoms with van der Waals surface area (Å²) in [5.41, 5.74) is 1.62. The number of aromatic amines is 1. The molecule has 5 heteroatoms. The lowest BCUT2D eigenvalue weighted by Gasteiger charge is -2.21. The van der Waals surface area contributed by atoms with Gasteiger partial charge in [-0.1, -0.05) is 0 Å². The molecule has 0 spiro atoms. The topological polar surface area (TPSA) is 65.2 Å². The number of amides is 1. The van der Waals surface area contributed by atoms with Crippen molar-refractivity contribution in [2.75, 3.05) is 26.2 Å². The standard InChI is InChI=1S/C16H23N3O2/c1-10-7-11(2)18-15(20)14(10)16(21)19-5-3-12-8-17-9-13(12)4-6-19/h7,12-13,17H,3-6,8-9H2,1-2H3,(H,18,20)/t12-,13+. The summed E-state index contributed by atoms with van der Waals surface area (Å²) < 4.78 is 0. The van der Waals surface area contributed by atoms with Gasteiger partial charge in [-0.2, -0.15) is 0 Å². The van der Waals surface area contributed by atoms with Crippen LogP contribution in [0.25, 0.3) is 0 Å². The third-order valence-electron chi connectivity index (χ3n) is 4.89. The van der Waals surface area contributed by atoms with Gasteiger partial charge in [0, 0.05) is 18.8 Å². The molecule has 0 radical (unpaired) electrons. The van der Waals surface area contributed by atoms with Gasteiger partial charge in [0.2, 0.25) is 0 Å². The van der Waals surface area contributed by atoms with Crippen LogP contribution in [0.3, 0.4) is 0 Å². The fraction of sp³-hybridized carbons (Fsp3) is 0.625. The number of nitrogens with one attached hydrogen (secondary N) is 2. The summed E-state index contributed by atoms with van der Waals surface area (Å²) in [6.07, 6.45) is 2.07. The van der Waals surface area contributed by atoms with Crippen LogP contribution in [0.15, 0.2) is 10.9 Å². The van der Waals surface area contributed by atoms with Crippen molar-refractivity contribution < 1.29 is 4.79 Å². The smallest absolute Gasteiger partial charge is 0.261 e. The van der Waals surface area contributed by atoms with Crippen molar-refractivity contribution in [1.82, 2.24) is 15.2 Å². The lowest BCUT2D eigenvalue weighted by Crippen LogP contribution is -2.37. The minimum Gasteiger partial charge on any atom is -0.338 e. The molecule has 1 aromatic heterocycles. The number of H-pyrrole nitrogens is 1. The Morgan fingerprint density at radius 3 is 2.38 bits per heavy atom. The Bertz CT molecular complexity index is 594. The average Bonchev–Trinajstić information content (AvgIpc) is 2.76. The van der Waals surface area contributed by atoms with E-state index in [1.807, 2.05) is 24.8 Å². The van der Waals surface area contributed by atoms with Crippen LogP contribution in [0.1, 0.15) is 34.5 Å². The molecule has 0 aliphatic carbocycles. The second-order valence-electron chi connectivity index (χ2n) is 6.39. The van der Waals surface area contributed by atoms with E-state index in [-0.39, 0.29) is 11.5 Å². The Kier molecular flexibility index (Phi) is 3.85. The molecule has 5 nitrogen and oxygen atoms in total. The highest BCUT2D eigenvalue weighted by molar-refractivity contribution is 5.95. The van der Waals surface area contributed by atoms with Crippen LogP contribution in [0, 0.1) is 25.7 Å². The molecule has 2 N–H and O–H groups in total. The second kappa shape index (κ2) is 5.64. The molecular formula is C16H23N3O2. The molecule has 2 fully saturated rings. The van der Waals surface area contributed by atoms with Crippen LogP contribution in [0.5, 0.6) is 0 Å². The van der Waals surface area contributed by atoms with Gasteiger partial charge >= 0.3 is 0 Å². The largest absolute Gasteiger partial charge is 0.338 e. The molecule has 2 aliphatic rings. The lowest BCUT2D eigenvalue weighted by molar-refractivity contribution is 0.0756. The van der Waals surface area contributed by atoms with Gasteiger partial charge in [0.05, 0.1) is 0 Å². The summed E-state index contributed by atoms with van der Waals surface area (Å²) >= 11 is 0. The number of rotatable bonds is 1. The van der Waals surface area contributed by atoms with E-state index in [9.17, 15) is 9.59 Å². The van der Waals surface area contributed by atoms with Crippen molar-refractivity contribution in [3.8, 4) is 0 Å². The number of nitrogens with zero attached hydrogens (tertiary/aromatic N) is 1. The zero-order valence-electron chi connectivity index (χ0n) is 12.7. The van der Waals surface area contributed by atoms with Gasteiger partial charge in [-0.15, -0.1) is 0 Å². The second-order valence-corrected chi connectivity index (χ2v) is 6.39. The Morgan fingerprint density at radius 1 is 1.19 bits per heavy atom.